The first-order valence-electron chi connectivity index (χ1n) is 11.8. The van der Waals surface area contributed by atoms with Gasteiger partial charge in [0.05, 0.1) is 34.1 Å². The van der Waals surface area contributed by atoms with Crippen molar-refractivity contribution in [2.24, 2.45) is 5.92 Å². The van der Waals surface area contributed by atoms with Crippen molar-refractivity contribution < 1.29 is 28.2 Å². The van der Waals surface area contributed by atoms with Gasteiger partial charge >= 0.3 is 0 Å². The Balaban J connectivity index is 2.05. The summed E-state index contributed by atoms with van der Waals surface area (Å²) in [6.07, 6.45) is 2.36. The van der Waals surface area contributed by atoms with Crippen molar-refractivity contribution in [1.29, 1.82) is 0 Å². The molecule has 0 aliphatic carbocycles. The third-order valence-corrected chi connectivity index (χ3v) is 5.81. The smallest absolute Gasteiger partial charge is 0.255 e. The zero-order valence-corrected chi connectivity index (χ0v) is 21.4. The highest BCUT2D eigenvalue weighted by molar-refractivity contribution is 5.98. The minimum Gasteiger partial charge on any atom is -0.497 e. The van der Waals surface area contributed by atoms with Crippen LogP contribution in [0.4, 0.5) is 0 Å². The average Bonchev–Trinajstić information content (AvgIpc) is 3.41. The van der Waals surface area contributed by atoms with Crippen LogP contribution in [0, 0.1) is 5.92 Å². The molecule has 0 spiro atoms. The third kappa shape index (κ3) is 6.59. The van der Waals surface area contributed by atoms with Gasteiger partial charge in [0.1, 0.15) is 17.6 Å². The molecule has 2 amide bonds. The van der Waals surface area contributed by atoms with E-state index in [4.69, 9.17) is 18.6 Å². The maximum absolute atomic E-state index is 13.9. The topological polar surface area (TPSA) is 90.2 Å². The number of amides is 2. The molecular formula is C28H34N2O6. The van der Waals surface area contributed by atoms with Crippen molar-refractivity contribution >= 4 is 11.8 Å². The second-order valence-electron chi connectivity index (χ2n) is 8.73. The molecule has 36 heavy (non-hydrogen) atoms. The Labute approximate surface area is 212 Å². The number of benzene rings is 2. The van der Waals surface area contributed by atoms with E-state index in [-0.39, 0.29) is 18.4 Å². The van der Waals surface area contributed by atoms with E-state index in [1.165, 1.54) is 19.1 Å². The van der Waals surface area contributed by atoms with Crippen LogP contribution in [-0.2, 0) is 11.3 Å². The van der Waals surface area contributed by atoms with Gasteiger partial charge in [0.2, 0.25) is 5.91 Å². The lowest BCUT2D eigenvalue weighted by atomic mass is 10.0. The quantitative estimate of drug-likeness (QED) is 0.387. The second kappa shape index (κ2) is 12.7. The van der Waals surface area contributed by atoms with Crippen molar-refractivity contribution in [3.8, 4) is 17.2 Å². The maximum atomic E-state index is 13.9. The van der Waals surface area contributed by atoms with Crippen LogP contribution in [0.25, 0.3) is 0 Å². The lowest BCUT2D eigenvalue weighted by Crippen LogP contribution is -2.43. The normalized spacial score (nSPS) is 11.6. The fraction of sp³-hybridized carbons (Fsp3) is 0.357. The minimum absolute atomic E-state index is 0.0917. The largest absolute Gasteiger partial charge is 0.497 e. The lowest BCUT2D eigenvalue weighted by molar-refractivity contribution is -0.126. The van der Waals surface area contributed by atoms with E-state index in [1.54, 1.807) is 68.0 Å². The lowest BCUT2D eigenvalue weighted by Gasteiger charge is -2.31. The molecule has 2 aromatic carbocycles. The van der Waals surface area contributed by atoms with Gasteiger partial charge < -0.3 is 28.8 Å². The van der Waals surface area contributed by atoms with Crippen LogP contribution in [0.5, 0.6) is 17.2 Å². The molecule has 0 saturated heterocycles. The molecule has 1 heterocycles. The van der Waals surface area contributed by atoms with Crippen molar-refractivity contribution in [3.63, 3.8) is 0 Å². The molecule has 1 N–H and O–H groups in total. The summed E-state index contributed by atoms with van der Waals surface area (Å²) in [5.41, 5.74) is 1.01. The van der Waals surface area contributed by atoms with Crippen molar-refractivity contribution in [2.45, 2.75) is 32.9 Å². The van der Waals surface area contributed by atoms with Crippen LogP contribution in [0.15, 0.2) is 65.3 Å². The van der Waals surface area contributed by atoms with E-state index < -0.39 is 6.04 Å². The highest BCUT2D eigenvalue weighted by atomic mass is 16.5. The number of ether oxygens (including phenoxy) is 3. The van der Waals surface area contributed by atoms with Crippen LogP contribution in [-0.4, -0.2) is 44.6 Å². The molecule has 0 aliphatic heterocycles. The van der Waals surface area contributed by atoms with Crippen molar-refractivity contribution in [2.75, 3.05) is 27.9 Å². The Morgan fingerprint density at radius 3 is 2.25 bits per heavy atom. The number of carbonyl (C=O) groups is 2. The van der Waals surface area contributed by atoms with E-state index >= 15 is 0 Å². The summed E-state index contributed by atoms with van der Waals surface area (Å²) in [5, 5.41) is 3.01. The molecule has 8 heteroatoms. The summed E-state index contributed by atoms with van der Waals surface area (Å²) in [5.74, 6) is 1.93. The Bertz CT molecular complexity index is 1130. The highest BCUT2D eigenvalue weighted by Gasteiger charge is 2.33. The van der Waals surface area contributed by atoms with Gasteiger partial charge in [-0.3, -0.25) is 9.59 Å². The van der Waals surface area contributed by atoms with E-state index in [2.05, 4.69) is 19.2 Å². The number of hydrogen-bond donors (Lipinski definition) is 1. The van der Waals surface area contributed by atoms with E-state index in [0.29, 0.717) is 46.6 Å². The molecule has 0 fully saturated rings. The molecule has 1 atom stereocenters. The molecule has 0 radical (unpaired) electrons. The summed E-state index contributed by atoms with van der Waals surface area (Å²) < 4.78 is 21.6. The fourth-order valence-corrected chi connectivity index (χ4v) is 3.83. The van der Waals surface area contributed by atoms with Crippen LogP contribution in [0.2, 0.25) is 0 Å². The number of nitrogens with one attached hydrogen (secondary N) is 1. The van der Waals surface area contributed by atoms with Crippen molar-refractivity contribution in [3.05, 3.63) is 77.7 Å². The maximum Gasteiger partial charge on any atom is 0.255 e. The van der Waals surface area contributed by atoms with Gasteiger partial charge in [-0.2, -0.15) is 0 Å². The highest BCUT2D eigenvalue weighted by Crippen LogP contribution is 2.31. The Morgan fingerprint density at radius 2 is 1.67 bits per heavy atom. The molecule has 0 saturated carbocycles. The molecule has 0 unspecified atom stereocenters. The van der Waals surface area contributed by atoms with Crippen LogP contribution < -0.4 is 19.5 Å². The summed E-state index contributed by atoms with van der Waals surface area (Å²) >= 11 is 0. The predicted octanol–water partition coefficient (Wildman–Crippen LogP) is 4.85. The molecule has 1 aromatic heterocycles. The summed E-state index contributed by atoms with van der Waals surface area (Å²) in [6, 6.07) is 14.7. The van der Waals surface area contributed by atoms with E-state index in [1.807, 2.05) is 0 Å². The van der Waals surface area contributed by atoms with Gasteiger partial charge in [0.15, 0.2) is 11.5 Å². The number of furan rings is 1. The number of methoxy groups -OCH3 is 3. The first kappa shape index (κ1) is 26.7. The Hall–Kier alpha value is -3.94. The molecular weight excluding hydrogens is 460 g/mol. The average molecular weight is 495 g/mol. The van der Waals surface area contributed by atoms with Gasteiger partial charge in [-0.15, -0.1) is 0 Å². The van der Waals surface area contributed by atoms with Crippen LogP contribution >= 0.6 is 0 Å². The van der Waals surface area contributed by atoms with Crippen LogP contribution in [0.1, 0.15) is 48.0 Å². The fourth-order valence-electron chi connectivity index (χ4n) is 3.83. The first-order valence-corrected chi connectivity index (χ1v) is 11.8. The standard InChI is InChI=1S/C28H34N2O6/c1-19(2)14-15-29-27(31)26(20-8-11-22(33-3)12-9-20)30(18-23-7-6-16-36-23)28(32)21-10-13-24(34-4)25(17-21)35-5/h6-13,16-17,19,26H,14-15,18H2,1-5H3,(H,29,31)/t26-/m0/s1. The predicted molar refractivity (Wildman–Crippen MR) is 136 cm³/mol. The number of rotatable bonds is 12. The van der Waals surface area contributed by atoms with Gasteiger partial charge in [-0.25, -0.2) is 0 Å². The molecule has 8 nitrogen and oxygen atoms in total. The number of carbonyl (C=O) groups excluding carboxylic acids is 2. The second-order valence-corrected chi connectivity index (χ2v) is 8.73. The number of hydrogen-bond acceptors (Lipinski definition) is 6. The molecule has 0 aliphatic rings. The Kier molecular flexibility index (Phi) is 9.39. The molecule has 3 rings (SSSR count). The molecule has 3 aromatic rings. The van der Waals surface area contributed by atoms with Gasteiger partial charge in [0, 0.05) is 12.1 Å². The van der Waals surface area contributed by atoms with Crippen molar-refractivity contribution in [1.82, 2.24) is 10.2 Å². The SMILES string of the molecule is COc1ccc([C@@H](C(=O)NCCC(C)C)N(Cc2ccco2)C(=O)c2ccc(OC)c(OC)c2)cc1. The third-order valence-electron chi connectivity index (χ3n) is 5.81. The van der Waals surface area contributed by atoms with E-state index in [0.717, 1.165) is 6.42 Å². The molecule has 192 valence electrons. The minimum atomic E-state index is -0.909. The summed E-state index contributed by atoms with van der Waals surface area (Å²) in [4.78, 5) is 29.1. The van der Waals surface area contributed by atoms with E-state index in [9.17, 15) is 9.59 Å². The summed E-state index contributed by atoms with van der Waals surface area (Å²) in [6.45, 7) is 4.78. The van der Waals surface area contributed by atoms with Gasteiger partial charge in [-0.05, 0) is 60.4 Å². The Morgan fingerprint density at radius 1 is 0.944 bits per heavy atom. The van der Waals surface area contributed by atoms with Gasteiger partial charge in [-0.1, -0.05) is 26.0 Å². The number of nitrogens with zero attached hydrogens (tertiary/aromatic N) is 1. The molecule has 0 bridgehead atoms. The van der Waals surface area contributed by atoms with Gasteiger partial charge in [0.25, 0.3) is 5.91 Å². The first-order chi connectivity index (χ1) is 17.4. The monoisotopic (exact) mass is 494 g/mol. The zero-order valence-electron chi connectivity index (χ0n) is 21.4. The summed E-state index contributed by atoms with van der Waals surface area (Å²) in [7, 11) is 4.62. The van der Waals surface area contributed by atoms with Crippen LogP contribution in [0.3, 0.4) is 0 Å². The zero-order chi connectivity index (χ0) is 26.1.